The van der Waals surface area contributed by atoms with Crippen molar-refractivity contribution >= 4 is 21.5 Å². The Morgan fingerprint density at radius 1 is 1.27 bits per heavy atom. The van der Waals surface area contributed by atoms with Gasteiger partial charge in [-0.3, -0.25) is 14.9 Å². The highest BCUT2D eigenvalue weighted by atomic mass is 32.2. The molecule has 0 unspecified atom stereocenters. The number of hydrogen-bond acceptors (Lipinski definition) is 6. The van der Waals surface area contributed by atoms with Crippen molar-refractivity contribution in [2.75, 3.05) is 19.7 Å². The van der Waals surface area contributed by atoms with Crippen molar-refractivity contribution in [3.63, 3.8) is 0 Å². The number of rotatable bonds is 9. The Kier molecular flexibility index (Phi) is 6.11. The molecule has 0 radical (unpaired) electrons. The Hall–Kier alpha value is -2.72. The Bertz CT molecular complexity index is 889. The number of carbonyl (C=O) groups is 1. The molecule has 0 aliphatic rings. The molecule has 10 heteroatoms. The van der Waals surface area contributed by atoms with Crippen molar-refractivity contribution in [1.29, 1.82) is 0 Å². The SMILES string of the molecule is CCN(CC)S(=O)(=O)c1ccc(OCC(=O)c2ccc[nH]2)c([N+](=O)[O-])c1. The number of Topliss-reactive ketones (excluding diaryl/α,β-unsaturated/α-hetero) is 1. The van der Waals surface area contributed by atoms with Gasteiger partial charge in [-0.1, -0.05) is 13.8 Å². The normalized spacial score (nSPS) is 11.5. The zero-order chi connectivity index (χ0) is 19.3. The van der Waals surface area contributed by atoms with Gasteiger partial charge in [0.15, 0.2) is 12.4 Å². The second-order valence-corrected chi connectivity index (χ2v) is 7.21. The summed E-state index contributed by atoms with van der Waals surface area (Å²) in [4.78, 5) is 25.0. The number of nitro benzene ring substituents is 1. The van der Waals surface area contributed by atoms with Crippen molar-refractivity contribution in [3.8, 4) is 5.75 Å². The molecule has 26 heavy (non-hydrogen) atoms. The molecule has 1 aromatic carbocycles. The van der Waals surface area contributed by atoms with Crippen molar-refractivity contribution < 1.29 is 22.9 Å². The lowest BCUT2D eigenvalue weighted by Crippen LogP contribution is -2.30. The third kappa shape index (κ3) is 4.09. The molecule has 0 atom stereocenters. The molecule has 9 nitrogen and oxygen atoms in total. The smallest absolute Gasteiger partial charge is 0.312 e. The minimum Gasteiger partial charge on any atom is -0.478 e. The van der Waals surface area contributed by atoms with Gasteiger partial charge in [0.1, 0.15) is 0 Å². The average Bonchev–Trinajstić information content (AvgIpc) is 3.15. The maximum absolute atomic E-state index is 12.5. The van der Waals surface area contributed by atoms with Crippen LogP contribution in [0.15, 0.2) is 41.4 Å². The third-order valence-corrected chi connectivity index (χ3v) is 5.77. The number of carbonyl (C=O) groups excluding carboxylic acids is 1. The summed E-state index contributed by atoms with van der Waals surface area (Å²) in [7, 11) is -3.84. The van der Waals surface area contributed by atoms with E-state index in [0.717, 1.165) is 6.07 Å². The van der Waals surface area contributed by atoms with E-state index < -0.39 is 27.2 Å². The molecule has 0 aliphatic heterocycles. The lowest BCUT2D eigenvalue weighted by Gasteiger charge is -2.18. The van der Waals surface area contributed by atoms with Gasteiger partial charge < -0.3 is 9.72 Å². The van der Waals surface area contributed by atoms with Crippen molar-refractivity contribution in [3.05, 3.63) is 52.3 Å². The van der Waals surface area contributed by atoms with Gasteiger partial charge in [-0.25, -0.2) is 8.42 Å². The maximum Gasteiger partial charge on any atom is 0.312 e. The van der Waals surface area contributed by atoms with Crippen LogP contribution < -0.4 is 4.74 Å². The molecule has 1 N–H and O–H groups in total. The molecule has 0 saturated carbocycles. The zero-order valence-corrected chi connectivity index (χ0v) is 15.2. The Balaban J connectivity index is 2.29. The van der Waals surface area contributed by atoms with Crippen LogP contribution in [0.25, 0.3) is 0 Å². The van der Waals surface area contributed by atoms with Gasteiger partial charge in [0.2, 0.25) is 15.8 Å². The van der Waals surface area contributed by atoms with Gasteiger partial charge in [-0.2, -0.15) is 4.31 Å². The minimum absolute atomic E-state index is 0.173. The number of aromatic amines is 1. The van der Waals surface area contributed by atoms with Gasteiger partial charge in [0.25, 0.3) is 0 Å². The molecule has 0 spiro atoms. The molecule has 0 fully saturated rings. The fourth-order valence-electron chi connectivity index (χ4n) is 2.36. The number of H-pyrrole nitrogens is 1. The van der Waals surface area contributed by atoms with Crippen LogP contribution in [0.1, 0.15) is 24.3 Å². The first-order chi connectivity index (χ1) is 12.3. The van der Waals surface area contributed by atoms with E-state index in [1.165, 1.54) is 16.4 Å². The average molecular weight is 381 g/mol. The van der Waals surface area contributed by atoms with Crippen LogP contribution in [0.5, 0.6) is 5.75 Å². The molecule has 0 amide bonds. The minimum atomic E-state index is -3.84. The molecule has 1 heterocycles. The first-order valence-corrected chi connectivity index (χ1v) is 9.33. The summed E-state index contributed by atoms with van der Waals surface area (Å²) in [6, 6.07) is 6.57. The molecule has 0 saturated heterocycles. The number of nitrogens with one attached hydrogen (secondary N) is 1. The highest BCUT2D eigenvalue weighted by molar-refractivity contribution is 7.89. The second-order valence-electron chi connectivity index (χ2n) is 5.27. The maximum atomic E-state index is 12.5. The van der Waals surface area contributed by atoms with E-state index in [1.54, 1.807) is 32.2 Å². The van der Waals surface area contributed by atoms with Gasteiger partial charge in [-0.05, 0) is 24.3 Å². The molecular formula is C16H19N3O6S. The fourth-order valence-corrected chi connectivity index (χ4v) is 3.84. The van der Waals surface area contributed by atoms with Crippen LogP contribution in [-0.4, -0.2) is 48.1 Å². The Morgan fingerprint density at radius 3 is 2.50 bits per heavy atom. The van der Waals surface area contributed by atoms with E-state index >= 15 is 0 Å². The molecule has 0 bridgehead atoms. The number of hydrogen-bond donors (Lipinski definition) is 1. The molecule has 2 aromatic rings. The summed E-state index contributed by atoms with van der Waals surface area (Å²) in [6.07, 6.45) is 1.57. The van der Waals surface area contributed by atoms with Crippen LogP contribution in [0, 0.1) is 10.1 Å². The third-order valence-electron chi connectivity index (χ3n) is 3.73. The van der Waals surface area contributed by atoms with Crippen LogP contribution >= 0.6 is 0 Å². The summed E-state index contributed by atoms with van der Waals surface area (Å²) < 4.78 is 31.5. The first kappa shape index (κ1) is 19.6. The van der Waals surface area contributed by atoms with Crippen molar-refractivity contribution in [1.82, 2.24) is 9.29 Å². The first-order valence-electron chi connectivity index (χ1n) is 7.89. The van der Waals surface area contributed by atoms with Crippen LogP contribution in [0.2, 0.25) is 0 Å². The predicted octanol–water partition coefficient (Wildman–Crippen LogP) is 2.22. The zero-order valence-electron chi connectivity index (χ0n) is 14.3. The van der Waals surface area contributed by atoms with Crippen molar-refractivity contribution in [2.24, 2.45) is 0 Å². The largest absolute Gasteiger partial charge is 0.478 e. The number of sulfonamides is 1. The number of nitrogens with zero attached hydrogens (tertiary/aromatic N) is 2. The Labute approximate surface area is 150 Å². The fraction of sp³-hybridized carbons (Fsp3) is 0.312. The molecule has 140 valence electrons. The van der Waals surface area contributed by atoms with Gasteiger partial charge >= 0.3 is 5.69 Å². The molecule has 0 aliphatic carbocycles. The van der Waals surface area contributed by atoms with E-state index in [1.807, 2.05) is 0 Å². The summed E-state index contributed by atoms with van der Waals surface area (Å²) in [5.74, 6) is -0.558. The number of benzene rings is 1. The number of ether oxygens (including phenoxy) is 1. The molecular weight excluding hydrogens is 362 g/mol. The van der Waals surface area contributed by atoms with Gasteiger partial charge in [0.05, 0.1) is 15.5 Å². The lowest BCUT2D eigenvalue weighted by atomic mass is 10.3. The van der Waals surface area contributed by atoms with E-state index in [0.29, 0.717) is 5.69 Å². The summed E-state index contributed by atoms with van der Waals surface area (Å²) in [5, 5.41) is 11.3. The number of nitro groups is 1. The number of ketones is 1. The predicted molar refractivity (Wildman–Crippen MR) is 93.8 cm³/mol. The van der Waals surface area contributed by atoms with Crippen LogP contribution in [-0.2, 0) is 10.0 Å². The topological polar surface area (TPSA) is 123 Å². The van der Waals surface area contributed by atoms with E-state index in [2.05, 4.69) is 4.98 Å². The Morgan fingerprint density at radius 2 is 1.96 bits per heavy atom. The summed E-state index contributed by atoms with van der Waals surface area (Å²) in [5.41, 5.74) is -0.203. The molecule has 1 aromatic heterocycles. The monoisotopic (exact) mass is 381 g/mol. The van der Waals surface area contributed by atoms with E-state index in [4.69, 9.17) is 4.74 Å². The highest BCUT2D eigenvalue weighted by Crippen LogP contribution is 2.31. The van der Waals surface area contributed by atoms with E-state index in [9.17, 15) is 23.3 Å². The second kappa shape index (κ2) is 8.11. The van der Waals surface area contributed by atoms with Crippen molar-refractivity contribution in [2.45, 2.75) is 18.7 Å². The highest BCUT2D eigenvalue weighted by Gasteiger charge is 2.26. The standard InChI is InChI=1S/C16H19N3O6S/c1-3-18(4-2)26(23,24)12-7-8-16(14(10-12)19(21)22)25-11-15(20)13-6-5-9-17-13/h5-10,17H,3-4,11H2,1-2H3. The number of aromatic nitrogens is 1. The van der Waals surface area contributed by atoms with Crippen LogP contribution in [0.4, 0.5) is 5.69 Å². The quantitative estimate of drug-likeness (QED) is 0.404. The lowest BCUT2D eigenvalue weighted by molar-refractivity contribution is -0.386. The molecule has 2 rings (SSSR count). The summed E-state index contributed by atoms with van der Waals surface area (Å²) in [6.45, 7) is 3.44. The van der Waals surface area contributed by atoms with Crippen LogP contribution in [0.3, 0.4) is 0 Å². The van der Waals surface area contributed by atoms with Gasteiger partial charge in [0, 0.05) is 25.4 Å². The van der Waals surface area contributed by atoms with Gasteiger partial charge in [-0.15, -0.1) is 0 Å². The van der Waals surface area contributed by atoms with E-state index in [-0.39, 0.29) is 29.5 Å². The summed E-state index contributed by atoms with van der Waals surface area (Å²) >= 11 is 0.